The maximum atomic E-state index is 5.47. The molecule has 0 aliphatic carbocycles. The first-order valence-corrected chi connectivity index (χ1v) is 6.34. The van der Waals surface area contributed by atoms with Gasteiger partial charge in [0.25, 0.3) is 0 Å². The van der Waals surface area contributed by atoms with Crippen LogP contribution in [0.3, 0.4) is 0 Å². The standard InChI is InChI=1S/C16H19NO2/c1-18-13-16-10-6-5-9-15(16)11-17-19-12-14-7-3-2-4-8-14/h2-10,17H,11-13H2,1H3. The average molecular weight is 257 g/mol. The van der Waals surface area contributed by atoms with Crippen molar-refractivity contribution in [3.8, 4) is 0 Å². The molecule has 100 valence electrons. The first-order chi connectivity index (χ1) is 9.40. The lowest BCUT2D eigenvalue weighted by Crippen LogP contribution is -2.15. The molecule has 0 saturated carbocycles. The van der Waals surface area contributed by atoms with Crippen molar-refractivity contribution in [2.75, 3.05) is 7.11 Å². The summed E-state index contributed by atoms with van der Waals surface area (Å²) in [5.41, 5.74) is 6.52. The number of hydrogen-bond acceptors (Lipinski definition) is 3. The van der Waals surface area contributed by atoms with Crippen LogP contribution in [0.5, 0.6) is 0 Å². The summed E-state index contributed by atoms with van der Waals surface area (Å²) >= 11 is 0. The zero-order chi connectivity index (χ0) is 13.3. The third-order valence-corrected chi connectivity index (χ3v) is 2.86. The van der Waals surface area contributed by atoms with Gasteiger partial charge in [0.15, 0.2) is 0 Å². The highest BCUT2D eigenvalue weighted by atomic mass is 16.6. The Hall–Kier alpha value is -1.68. The average Bonchev–Trinajstić information content (AvgIpc) is 2.47. The predicted octanol–water partition coefficient (Wildman–Crippen LogP) is 3.05. The molecule has 0 spiro atoms. The second kappa shape index (κ2) is 7.69. The van der Waals surface area contributed by atoms with E-state index in [9.17, 15) is 0 Å². The van der Waals surface area contributed by atoms with Gasteiger partial charge in [-0.3, -0.25) is 4.84 Å². The van der Waals surface area contributed by atoms with Crippen LogP contribution in [-0.2, 0) is 29.3 Å². The minimum Gasteiger partial charge on any atom is -0.380 e. The van der Waals surface area contributed by atoms with E-state index in [0.29, 0.717) is 19.8 Å². The first kappa shape index (κ1) is 13.7. The summed E-state index contributed by atoms with van der Waals surface area (Å²) in [4.78, 5) is 5.47. The molecular formula is C16H19NO2. The fourth-order valence-corrected chi connectivity index (χ4v) is 1.86. The van der Waals surface area contributed by atoms with E-state index in [1.807, 2.05) is 42.5 Å². The number of ether oxygens (including phenoxy) is 1. The SMILES string of the molecule is COCc1ccccc1CNOCc1ccccc1. The molecular weight excluding hydrogens is 238 g/mol. The molecule has 0 fully saturated rings. The Morgan fingerprint density at radius 1 is 0.842 bits per heavy atom. The molecule has 0 heterocycles. The van der Waals surface area contributed by atoms with Crippen molar-refractivity contribution in [1.29, 1.82) is 0 Å². The number of benzene rings is 2. The third-order valence-electron chi connectivity index (χ3n) is 2.86. The Bertz CT molecular complexity index is 485. The van der Waals surface area contributed by atoms with Gasteiger partial charge in [-0.15, -0.1) is 0 Å². The summed E-state index contributed by atoms with van der Waals surface area (Å²) in [6.45, 7) is 1.86. The van der Waals surface area contributed by atoms with Gasteiger partial charge < -0.3 is 4.74 Å². The molecule has 2 aromatic carbocycles. The molecule has 0 aromatic heterocycles. The summed E-state index contributed by atoms with van der Waals surface area (Å²) in [6, 6.07) is 18.3. The molecule has 0 bridgehead atoms. The van der Waals surface area contributed by atoms with Crippen molar-refractivity contribution < 1.29 is 9.57 Å². The van der Waals surface area contributed by atoms with E-state index in [4.69, 9.17) is 9.57 Å². The van der Waals surface area contributed by atoms with Gasteiger partial charge in [-0.25, -0.2) is 0 Å². The molecule has 0 atom stereocenters. The van der Waals surface area contributed by atoms with Crippen molar-refractivity contribution in [3.05, 3.63) is 71.3 Å². The number of nitrogens with one attached hydrogen (secondary N) is 1. The monoisotopic (exact) mass is 257 g/mol. The molecule has 3 heteroatoms. The van der Waals surface area contributed by atoms with Gasteiger partial charge >= 0.3 is 0 Å². The van der Waals surface area contributed by atoms with Crippen LogP contribution in [0.15, 0.2) is 54.6 Å². The smallest absolute Gasteiger partial charge is 0.0933 e. The van der Waals surface area contributed by atoms with Crippen LogP contribution >= 0.6 is 0 Å². The zero-order valence-electron chi connectivity index (χ0n) is 11.1. The van der Waals surface area contributed by atoms with Gasteiger partial charge in [-0.05, 0) is 16.7 Å². The van der Waals surface area contributed by atoms with Crippen molar-refractivity contribution >= 4 is 0 Å². The number of methoxy groups -OCH3 is 1. The van der Waals surface area contributed by atoms with Gasteiger partial charge in [-0.2, -0.15) is 5.48 Å². The summed E-state index contributed by atoms with van der Waals surface area (Å²) in [5.74, 6) is 0. The fourth-order valence-electron chi connectivity index (χ4n) is 1.86. The Morgan fingerprint density at radius 2 is 1.53 bits per heavy atom. The molecule has 0 aliphatic heterocycles. The summed E-state index contributed by atoms with van der Waals surface area (Å²) in [5, 5.41) is 0. The topological polar surface area (TPSA) is 30.5 Å². The van der Waals surface area contributed by atoms with Gasteiger partial charge in [0, 0.05) is 13.7 Å². The fraction of sp³-hybridized carbons (Fsp3) is 0.250. The normalized spacial score (nSPS) is 10.6. The largest absolute Gasteiger partial charge is 0.380 e. The van der Waals surface area contributed by atoms with Crippen molar-refractivity contribution in [2.45, 2.75) is 19.8 Å². The lowest BCUT2D eigenvalue weighted by molar-refractivity contribution is 0.0231. The van der Waals surface area contributed by atoms with Crippen LogP contribution in [0.2, 0.25) is 0 Å². The molecule has 2 rings (SSSR count). The Morgan fingerprint density at radius 3 is 2.26 bits per heavy atom. The van der Waals surface area contributed by atoms with Crippen LogP contribution in [0.1, 0.15) is 16.7 Å². The van der Waals surface area contributed by atoms with E-state index in [2.05, 4.69) is 17.6 Å². The van der Waals surface area contributed by atoms with Crippen LogP contribution < -0.4 is 5.48 Å². The number of hydrogen-bond donors (Lipinski definition) is 1. The highest BCUT2D eigenvalue weighted by Crippen LogP contribution is 2.09. The maximum Gasteiger partial charge on any atom is 0.0933 e. The van der Waals surface area contributed by atoms with Gasteiger partial charge in [0.05, 0.1) is 13.2 Å². The lowest BCUT2D eigenvalue weighted by atomic mass is 10.1. The van der Waals surface area contributed by atoms with E-state index in [0.717, 1.165) is 5.56 Å². The molecule has 0 radical (unpaired) electrons. The second-order valence-electron chi connectivity index (χ2n) is 4.30. The number of rotatable bonds is 7. The Labute approximate surface area is 114 Å². The lowest BCUT2D eigenvalue weighted by Gasteiger charge is -2.10. The van der Waals surface area contributed by atoms with Crippen LogP contribution in [0.25, 0.3) is 0 Å². The predicted molar refractivity (Wildman–Crippen MR) is 75.2 cm³/mol. The molecule has 0 unspecified atom stereocenters. The Kier molecular flexibility index (Phi) is 5.56. The molecule has 0 aliphatic rings. The molecule has 0 amide bonds. The second-order valence-corrected chi connectivity index (χ2v) is 4.30. The maximum absolute atomic E-state index is 5.47. The molecule has 2 aromatic rings. The molecule has 3 nitrogen and oxygen atoms in total. The minimum absolute atomic E-state index is 0.563. The van der Waals surface area contributed by atoms with Gasteiger partial charge in [-0.1, -0.05) is 54.6 Å². The van der Waals surface area contributed by atoms with Crippen molar-refractivity contribution in [1.82, 2.24) is 5.48 Å². The zero-order valence-corrected chi connectivity index (χ0v) is 11.1. The summed E-state index contributed by atoms with van der Waals surface area (Å²) in [6.07, 6.45) is 0. The Balaban J connectivity index is 1.79. The van der Waals surface area contributed by atoms with E-state index in [1.54, 1.807) is 7.11 Å². The van der Waals surface area contributed by atoms with E-state index < -0.39 is 0 Å². The highest BCUT2D eigenvalue weighted by molar-refractivity contribution is 5.26. The molecule has 0 saturated heterocycles. The van der Waals surface area contributed by atoms with Crippen molar-refractivity contribution in [2.24, 2.45) is 0 Å². The summed E-state index contributed by atoms with van der Waals surface area (Å²) in [7, 11) is 1.70. The number of hydroxylamine groups is 1. The van der Waals surface area contributed by atoms with E-state index in [-0.39, 0.29) is 0 Å². The van der Waals surface area contributed by atoms with Crippen LogP contribution in [0.4, 0.5) is 0 Å². The highest BCUT2D eigenvalue weighted by Gasteiger charge is 2.01. The van der Waals surface area contributed by atoms with E-state index >= 15 is 0 Å². The quantitative estimate of drug-likeness (QED) is 0.611. The first-order valence-electron chi connectivity index (χ1n) is 6.34. The van der Waals surface area contributed by atoms with Crippen LogP contribution in [-0.4, -0.2) is 7.11 Å². The summed E-state index contributed by atoms with van der Waals surface area (Å²) < 4.78 is 5.18. The molecule has 19 heavy (non-hydrogen) atoms. The minimum atomic E-state index is 0.563. The van der Waals surface area contributed by atoms with Gasteiger partial charge in [0.2, 0.25) is 0 Å². The van der Waals surface area contributed by atoms with Gasteiger partial charge in [0.1, 0.15) is 0 Å². The van der Waals surface area contributed by atoms with E-state index in [1.165, 1.54) is 11.1 Å². The molecule has 1 N–H and O–H groups in total. The third kappa shape index (κ3) is 4.48. The van der Waals surface area contributed by atoms with Crippen LogP contribution in [0, 0.1) is 0 Å². The van der Waals surface area contributed by atoms with Crippen molar-refractivity contribution in [3.63, 3.8) is 0 Å².